The summed E-state index contributed by atoms with van der Waals surface area (Å²) >= 11 is 0. The Hall–Kier alpha value is -1.45. The van der Waals surface area contributed by atoms with E-state index in [0.717, 1.165) is 12.1 Å². The standard InChI is InChI=1S/C10H11F2NO/c1-3-13-10(14)7-4-8(11)6(2)9(12)5-7/h4-5H,3H2,1-2H3,(H,13,14). The number of carbonyl (C=O) groups is 1. The molecule has 14 heavy (non-hydrogen) atoms. The molecule has 0 saturated heterocycles. The number of carbonyl (C=O) groups excluding carboxylic acids is 1. The highest BCUT2D eigenvalue weighted by molar-refractivity contribution is 5.94. The SMILES string of the molecule is CCNC(=O)c1cc(F)c(C)c(F)c1. The molecule has 2 nitrogen and oxygen atoms in total. The van der Waals surface area contributed by atoms with Gasteiger partial charge in [0, 0.05) is 17.7 Å². The molecular weight excluding hydrogens is 188 g/mol. The molecule has 0 atom stereocenters. The van der Waals surface area contributed by atoms with Crippen molar-refractivity contribution in [2.75, 3.05) is 6.54 Å². The highest BCUT2D eigenvalue weighted by atomic mass is 19.1. The average molecular weight is 199 g/mol. The number of hydrogen-bond donors (Lipinski definition) is 1. The Morgan fingerprint density at radius 3 is 2.29 bits per heavy atom. The van der Waals surface area contributed by atoms with E-state index in [4.69, 9.17) is 0 Å². The topological polar surface area (TPSA) is 29.1 Å². The predicted molar refractivity (Wildman–Crippen MR) is 49.1 cm³/mol. The van der Waals surface area contributed by atoms with Gasteiger partial charge in [-0.2, -0.15) is 0 Å². The zero-order chi connectivity index (χ0) is 10.7. The summed E-state index contributed by atoms with van der Waals surface area (Å²) in [6, 6.07) is 2.06. The number of rotatable bonds is 2. The van der Waals surface area contributed by atoms with Crippen LogP contribution in [-0.4, -0.2) is 12.5 Å². The molecule has 0 aliphatic rings. The smallest absolute Gasteiger partial charge is 0.251 e. The van der Waals surface area contributed by atoms with Crippen LogP contribution >= 0.6 is 0 Å². The third-order valence-electron chi connectivity index (χ3n) is 1.88. The van der Waals surface area contributed by atoms with Crippen molar-refractivity contribution in [1.29, 1.82) is 0 Å². The number of nitrogens with one attached hydrogen (secondary N) is 1. The monoisotopic (exact) mass is 199 g/mol. The maximum absolute atomic E-state index is 13.0. The Kier molecular flexibility index (Phi) is 3.17. The molecular formula is C10H11F2NO. The largest absolute Gasteiger partial charge is 0.352 e. The van der Waals surface area contributed by atoms with E-state index >= 15 is 0 Å². The van der Waals surface area contributed by atoms with Gasteiger partial charge in [0.25, 0.3) is 5.91 Å². The van der Waals surface area contributed by atoms with Gasteiger partial charge in [-0.15, -0.1) is 0 Å². The van der Waals surface area contributed by atoms with E-state index < -0.39 is 17.5 Å². The van der Waals surface area contributed by atoms with Gasteiger partial charge in [-0.1, -0.05) is 0 Å². The maximum Gasteiger partial charge on any atom is 0.251 e. The number of benzene rings is 1. The molecule has 0 unspecified atom stereocenters. The molecule has 0 aliphatic heterocycles. The lowest BCUT2D eigenvalue weighted by Crippen LogP contribution is -2.23. The van der Waals surface area contributed by atoms with Gasteiger partial charge in [-0.25, -0.2) is 8.78 Å². The van der Waals surface area contributed by atoms with Crippen LogP contribution < -0.4 is 5.32 Å². The van der Waals surface area contributed by atoms with Crippen molar-refractivity contribution in [1.82, 2.24) is 5.32 Å². The van der Waals surface area contributed by atoms with E-state index in [1.807, 2.05) is 0 Å². The predicted octanol–water partition coefficient (Wildman–Crippen LogP) is 2.02. The Balaban J connectivity index is 3.06. The van der Waals surface area contributed by atoms with Gasteiger partial charge in [0.2, 0.25) is 0 Å². The number of hydrogen-bond acceptors (Lipinski definition) is 1. The van der Waals surface area contributed by atoms with Crippen molar-refractivity contribution in [3.8, 4) is 0 Å². The van der Waals surface area contributed by atoms with Crippen LogP contribution in [0.4, 0.5) is 8.78 Å². The van der Waals surface area contributed by atoms with Gasteiger partial charge in [-0.3, -0.25) is 4.79 Å². The first-order chi connectivity index (χ1) is 6.56. The fourth-order valence-electron chi connectivity index (χ4n) is 1.04. The van der Waals surface area contributed by atoms with Crippen molar-refractivity contribution in [2.45, 2.75) is 13.8 Å². The van der Waals surface area contributed by atoms with E-state index in [9.17, 15) is 13.6 Å². The van der Waals surface area contributed by atoms with Gasteiger partial charge < -0.3 is 5.32 Å². The third-order valence-corrected chi connectivity index (χ3v) is 1.88. The zero-order valence-electron chi connectivity index (χ0n) is 8.03. The third kappa shape index (κ3) is 2.07. The van der Waals surface area contributed by atoms with Crippen LogP contribution in [0.5, 0.6) is 0 Å². The van der Waals surface area contributed by atoms with Crippen LogP contribution in [0.15, 0.2) is 12.1 Å². The second-order valence-electron chi connectivity index (χ2n) is 2.92. The summed E-state index contributed by atoms with van der Waals surface area (Å²) in [5, 5.41) is 2.46. The van der Waals surface area contributed by atoms with E-state index in [1.54, 1.807) is 6.92 Å². The van der Waals surface area contributed by atoms with Crippen LogP contribution in [-0.2, 0) is 0 Å². The van der Waals surface area contributed by atoms with Gasteiger partial charge in [0.05, 0.1) is 0 Å². The molecule has 1 aromatic carbocycles. The molecule has 0 bridgehead atoms. The van der Waals surface area contributed by atoms with E-state index in [2.05, 4.69) is 5.32 Å². The summed E-state index contributed by atoms with van der Waals surface area (Å²) < 4.78 is 26.0. The Labute approximate surface area is 80.9 Å². The van der Waals surface area contributed by atoms with Gasteiger partial charge in [0.1, 0.15) is 11.6 Å². The lowest BCUT2D eigenvalue weighted by atomic mass is 10.1. The summed E-state index contributed by atoms with van der Waals surface area (Å²) in [6.07, 6.45) is 0. The Morgan fingerprint density at radius 1 is 1.36 bits per heavy atom. The zero-order valence-corrected chi connectivity index (χ0v) is 8.03. The van der Waals surface area contributed by atoms with E-state index in [0.29, 0.717) is 6.54 Å². The van der Waals surface area contributed by atoms with Crippen LogP contribution in [0.1, 0.15) is 22.8 Å². The average Bonchev–Trinajstić information content (AvgIpc) is 2.13. The first-order valence-corrected chi connectivity index (χ1v) is 4.30. The highest BCUT2D eigenvalue weighted by Crippen LogP contribution is 2.13. The molecule has 0 aromatic heterocycles. The summed E-state index contributed by atoms with van der Waals surface area (Å²) in [4.78, 5) is 11.2. The maximum atomic E-state index is 13.0. The lowest BCUT2D eigenvalue weighted by Gasteiger charge is -2.04. The fraction of sp³-hybridized carbons (Fsp3) is 0.300. The molecule has 0 fully saturated rings. The normalized spacial score (nSPS) is 10.0. The first-order valence-electron chi connectivity index (χ1n) is 4.30. The van der Waals surface area contributed by atoms with E-state index in [1.165, 1.54) is 6.92 Å². The molecule has 4 heteroatoms. The van der Waals surface area contributed by atoms with Crippen molar-refractivity contribution in [3.63, 3.8) is 0 Å². The second-order valence-corrected chi connectivity index (χ2v) is 2.92. The van der Waals surface area contributed by atoms with Crippen molar-refractivity contribution in [3.05, 3.63) is 34.9 Å². The number of halogens is 2. The molecule has 1 amide bonds. The highest BCUT2D eigenvalue weighted by Gasteiger charge is 2.11. The molecule has 0 aliphatic carbocycles. The second kappa shape index (κ2) is 4.17. The molecule has 0 heterocycles. The molecule has 76 valence electrons. The molecule has 1 aromatic rings. The summed E-state index contributed by atoms with van der Waals surface area (Å²) in [5.74, 6) is -1.87. The summed E-state index contributed by atoms with van der Waals surface area (Å²) in [5.41, 5.74) is -0.0644. The van der Waals surface area contributed by atoms with Gasteiger partial charge in [-0.05, 0) is 26.0 Å². The van der Waals surface area contributed by atoms with Crippen LogP contribution in [0.3, 0.4) is 0 Å². The van der Waals surface area contributed by atoms with Crippen molar-refractivity contribution < 1.29 is 13.6 Å². The molecule has 0 spiro atoms. The number of amides is 1. The minimum absolute atomic E-state index is 0.00690. The molecule has 1 rings (SSSR count). The van der Waals surface area contributed by atoms with Gasteiger partial charge in [0.15, 0.2) is 0 Å². The first kappa shape index (κ1) is 10.6. The van der Waals surface area contributed by atoms with Crippen LogP contribution in [0.2, 0.25) is 0 Å². The molecule has 0 saturated carbocycles. The fourth-order valence-corrected chi connectivity index (χ4v) is 1.04. The van der Waals surface area contributed by atoms with Crippen molar-refractivity contribution >= 4 is 5.91 Å². The van der Waals surface area contributed by atoms with Crippen LogP contribution in [0, 0.1) is 18.6 Å². The van der Waals surface area contributed by atoms with Crippen LogP contribution in [0.25, 0.3) is 0 Å². The summed E-state index contributed by atoms with van der Waals surface area (Å²) in [7, 11) is 0. The van der Waals surface area contributed by atoms with Crippen molar-refractivity contribution in [2.24, 2.45) is 0 Å². The minimum atomic E-state index is -0.703. The van der Waals surface area contributed by atoms with E-state index in [-0.39, 0.29) is 11.1 Å². The minimum Gasteiger partial charge on any atom is -0.352 e. The molecule has 1 N–H and O–H groups in total. The Morgan fingerprint density at radius 2 is 1.86 bits per heavy atom. The Bertz CT molecular complexity index is 340. The summed E-state index contributed by atoms with van der Waals surface area (Å²) in [6.45, 7) is 3.49. The van der Waals surface area contributed by atoms with Gasteiger partial charge >= 0.3 is 0 Å². The quantitative estimate of drug-likeness (QED) is 0.775. The lowest BCUT2D eigenvalue weighted by molar-refractivity contribution is 0.0955. The molecule has 0 radical (unpaired) electrons.